The van der Waals surface area contributed by atoms with Crippen LogP contribution in [0.5, 0.6) is 5.75 Å². The van der Waals surface area contributed by atoms with Gasteiger partial charge in [0.05, 0.1) is 17.7 Å². The summed E-state index contributed by atoms with van der Waals surface area (Å²) in [7, 11) is -2.79. The van der Waals surface area contributed by atoms with Crippen molar-refractivity contribution in [3.63, 3.8) is 0 Å². The number of methoxy groups -OCH3 is 1. The van der Waals surface area contributed by atoms with Gasteiger partial charge in [0, 0.05) is 12.5 Å². The fraction of sp³-hybridized carbons (Fsp3) is 0.364. The van der Waals surface area contributed by atoms with Crippen LogP contribution in [0.4, 0.5) is 10.1 Å². The number of primary amides is 1. The quantitative estimate of drug-likeness (QED) is 0.636. The van der Waals surface area contributed by atoms with Gasteiger partial charge in [-0.25, -0.2) is 17.5 Å². The van der Waals surface area contributed by atoms with E-state index in [9.17, 15) is 17.6 Å². The monoisotopic (exact) mass is 305 g/mol. The molecule has 0 saturated carbocycles. The second kappa shape index (κ2) is 6.06. The van der Waals surface area contributed by atoms with Crippen LogP contribution < -0.4 is 20.9 Å². The average molecular weight is 305 g/mol. The summed E-state index contributed by atoms with van der Waals surface area (Å²) in [5.41, 5.74) is 10.3. The Morgan fingerprint density at radius 3 is 2.55 bits per heavy atom. The molecule has 1 amide bonds. The van der Waals surface area contributed by atoms with Gasteiger partial charge >= 0.3 is 0 Å². The van der Waals surface area contributed by atoms with Crippen LogP contribution in [0.15, 0.2) is 17.0 Å². The van der Waals surface area contributed by atoms with Crippen LogP contribution in [-0.4, -0.2) is 27.5 Å². The number of sulfonamides is 1. The highest BCUT2D eigenvalue weighted by Gasteiger charge is 2.21. The number of halogens is 1. The van der Waals surface area contributed by atoms with Crippen molar-refractivity contribution in [3.05, 3.63) is 17.9 Å². The lowest BCUT2D eigenvalue weighted by molar-refractivity contribution is -0.118. The summed E-state index contributed by atoms with van der Waals surface area (Å²) in [4.78, 5) is 10.4. The van der Waals surface area contributed by atoms with Crippen molar-refractivity contribution in [3.8, 4) is 5.75 Å². The molecule has 0 bridgehead atoms. The van der Waals surface area contributed by atoms with E-state index in [1.54, 1.807) is 0 Å². The molecule has 0 aliphatic heterocycles. The number of hydrogen-bond donors (Lipinski definition) is 3. The summed E-state index contributed by atoms with van der Waals surface area (Å²) >= 11 is 0. The van der Waals surface area contributed by atoms with Crippen LogP contribution in [0.25, 0.3) is 0 Å². The van der Waals surface area contributed by atoms with Crippen LogP contribution in [0.3, 0.4) is 0 Å². The van der Waals surface area contributed by atoms with Gasteiger partial charge in [-0.05, 0) is 19.1 Å². The molecular formula is C11H16FN3O4S. The topological polar surface area (TPSA) is 125 Å². The number of nitrogens with one attached hydrogen (secondary N) is 1. The van der Waals surface area contributed by atoms with Gasteiger partial charge in [-0.1, -0.05) is 0 Å². The largest absolute Gasteiger partial charge is 0.492 e. The van der Waals surface area contributed by atoms with Crippen LogP contribution in [-0.2, 0) is 14.8 Å². The second-order valence-corrected chi connectivity index (χ2v) is 5.93. The summed E-state index contributed by atoms with van der Waals surface area (Å²) in [6.45, 7) is 1.46. The molecule has 0 radical (unpaired) electrons. The zero-order valence-electron chi connectivity index (χ0n) is 11.0. The highest BCUT2D eigenvalue weighted by molar-refractivity contribution is 7.89. The predicted molar refractivity (Wildman–Crippen MR) is 71.0 cm³/mol. The van der Waals surface area contributed by atoms with Gasteiger partial charge in [-0.2, -0.15) is 0 Å². The molecule has 0 aliphatic carbocycles. The van der Waals surface area contributed by atoms with Gasteiger partial charge in [0.15, 0.2) is 11.6 Å². The molecule has 9 heteroatoms. The maximum Gasteiger partial charge on any atom is 0.241 e. The Kier molecular flexibility index (Phi) is 4.90. The van der Waals surface area contributed by atoms with Crippen molar-refractivity contribution in [1.82, 2.24) is 4.72 Å². The lowest BCUT2D eigenvalue weighted by Crippen LogP contribution is -2.35. The first-order valence-electron chi connectivity index (χ1n) is 5.61. The number of hydrogen-bond acceptors (Lipinski definition) is 5. The third kappa shape index (κ3) is 3.81. The Morgan fingerprint density at radius 1 is 1.50 bits per heavy atom. The van der Waals surface area contributed by atoms with E-state index in [-0.39, 0.29) is 22.8 Å². The lowest BCUT2D eigenvalue weighted by atomic mass is 10.2. The van der Waals surface area contributed by atoms with Crippen LogP contribution in [0, 0.1) is 5.82 Å². The fourth-order valence-corrected chi connectivity index (χ4v) is 2.93. The highest BCUT2D eigenvalue weighted by Crippen LogP contribution is 2.28. The zero-order chi connectivity index (χ0) is 15.5. The molecule has 112 valence electrons. The number of rotatable bonds is 6. The minimum atomic E-state index is -4.01. The van der Waals surface area contributed by atoms with Crippen molar-refractivity contribution in [2.45, 2.75) is 24.3 Å². The van der Waals surface area contributed by atoms with Gasteiger partial charge in [-0.3, -0.25) is 4.79 Å². The molecule has 0 heterocycles. The van der Waals surface area contributed by atoms with E-state index in [2.05, 4.69) is 4.72 Å². The number of benzene rings is 1. The van der Waals surface area contributed by atoms with E-state index in [4.69, 9.17) is 16.2 Å². The number of carbonyl (C=O) groups is 1. The van der Waals surface area contributed by atoms with Crippen molar-refractivity contribution in [2.24, 2.45) is 5.73 Å². The van der Waals surface area contributed by atoms with Gasteiger partial charge < -0.3 is 16.2 Å². The van der Waals surface area contributed by atoms with Gasteiger partial charge in [-0.15, -0.1) is 0 Å². The Morgan fingerprint density at radius 2 is 2.10 bits per heavy atom. The van der Waals surface area contributed by atoms with Gasteiger partial charge in [0.2, 0.25) is 15.9 Å². The second-order valence-electron chi connectivity index (χ2n) is 4.22. The van der Waals surface area contributed by atoms with E-state index in [0.29, 0.717) is 0 Å². The van der Waals surface area contributed by atoms with Crippen LogP contribution >= 0.6 is 0 Å². The van der Waals surface area contributed by atoms with E-state index in [1.165, 1.54) is 14.0 Å². The van der Waals surface area contributed by atoms with E-state index < -0.39 is 27.8 Å². The van der Waals surface area contributed by atoms with Crippen molar-refractivity contribution in [1.29, 1.82) is 0 Å². The molecule has 1 rings (SSSR count). The molecule has 1 atom stereocenters. The standard InChI is InChI=1S/C11H16FN3O4S/c1-6(3-10(14)16)15-20(17,18)7-4-8(12)11(19-2)9(13)5-7/h4-6,15H,3,13H2,1-2H3,(H2,14,16). The Bertz CT molecular complexity index is 595. The number of amides is 1. The zero-order valence-corrected chi connectivity index (χ0v) is 11.8. The molecule has 0 spiro atoms. The summed E-state index contributed by atoms with van der Waals surface area (Å²) < 4.78 is 44.5. The molecule has 0 aliphatic rings. The smallest absolute Gasteiger partial charge is 0.241 e. The van der Waals surface area contributed by atoms with Crippen molar-refractivity contribution in [2.75, 3.05) is 12.8 Å². The molecule has 1 unspecified atom stereocenters. The van der Waals surface area contributed by atoms with E-state index in [0.717, 1.165) is 12.1 Å². The maximum atomic E-state index is 13.6. The highest BCUT2D eigenvalue weighted by atomic mass is 32.2. The minimum Gasteiger partial charge on any atom is -0.492 e. The van der Waals surface area contributed by atoms with Crippen molar-refractivity contribution >= 4 is 21.6 Å². The first kappa shape index (κ1) is 16.2. The van der Waals surface area contributed by atoms with E-state index >= 15 is 0 Å². The normalized spacial score (nSPS) is 12.9. The third-order valence-corrected chi connectivity index (χ3v) is 3.99. The first-order chi connectivity index (χ1) is 9.17. The van der Waals surface area contributed by atoms with Gasteiger partial charge in [0.25, 0.3) is 0 Å². The Hall–Kier alpha value is -1.87. The molecule has 1 aromatic carbocycles. The van der Waals surface area contributed by atoms with E-state index in [1.807, 2.05) is 0 Å². The minimum absolute atomic E-state index is 0.143. The Balaban J connectivity index is 3.07. The molecule has 7 nitrogen and oxygen atoms in total. The number of anilines is 1. The number of ether oxygens (including phenoxy) is 1. The first-order valence-corrected chi connectivity index (χ1v) is 7.09. The summed E-state index contributed by atoms with van der Waals surface area (Å²) in [6, 6.07) is 1.14. The maximum absolute atomic E-state index is 13.6. The predicted octanol–water partition coefficient (Wildman–Crippen LogP) is -0.0413. The molecule has 0 fully saturated rings. The summed E-state index contributed by atoms with van der Waals surface area (Å²) in [5, 5.41) is 0. The average Bonchev–Trinajstić information content (AvgIpc) is 2.26. The summed E-state index contributed by atoms with van der Waals surface area (Å²) in [5.74, 6) is -1.77. The SMILES string of the molecule is COc1c(N)cc(S(=O)(=O)NC(C)CC(N)=O)cc1F. The number of nitrogen functional groups attached to an aromatic ring is 1. The fourth-order valence-electron chi connectivity index (χ4n) is 1.64. The van der Waals surface area contributed by atoms with Gasteiger partial charge in [0.1, 0.15) is 0 Å². The Labute approximate surface area is 116 Å². The number of nitrogens with two attached hydrogens (primary N) is 2. The molecule has 0 aromatic heterocycles. The molecule has 1 aromatic rings. The van der Waals surface area contributed by atoms with Crippen LogP contribution in [0.1, 0.15) is 13.3 Å². The molecule has 0 saturated heterocycles. The molecular weight excluding hydrogens is 289 g/mol. The number of carbonyl (C=O) groups excluding carboxylic acids is 1. The third-order valence-electron chi connectivity index (χ3n) is 2.42. The molecule has 5 N–H and O–H groups in total. The lowest BCUT2D eigenvalue weighted by Gasteiger charge is -2.14. The summed E-state index contributed by atoms with van der Waals surface area (Å²) in [6.07, 6.45) is -0.173. The van der Waals surface area contributed by atoms with Crippen LogP contribution in [0.2, 0.25) is 0 Å². The van der Waals surface area contributed by atoms with Crippen molar-refractivity contribution < 1.29 is 22.3 Å². The molecule has 20 heavy (non-hydrogen) atoms.